The topological polar surface area (TPSA) is 41.1 Å². The van der Waals surface area contributed by atoms with E-state index in [1.165, 1.54) is 38.8 Å². The number of rotatable bonds is 4. The summed E-state index contributed by atoms with van der Waals surface area (Å²) >= 11 is 3.48. The molecule has 0 bridgehead atoms. The van der Waals surface area contributed by atoms with Gasteiger partial charge in [-0.3, -0.25) is 0 Å². The van der Waals surface area contributed by atoms with Crippen molar-refractivity contribution >= 4 is 21.7 Å². The lowest BCUT2D eigenvalue weighted by atomic mass is 9.96. The minimum Gasteiger partial charge on any atom is -0.369 e. The van der Waals surface area contributed by atoms with Crippen molar-refractivity contribution in [3.63, 3.8) is 0 Å². The molecule has 0 unspecified atom stereocenters. The van der Waals surface area contributed by atoms with E-state index in [2.05, 4.69) is 56.9 Å². The van der Waals surface area contributed by atoms with Gasteiger partial charge in [-0.15, -0.1) is 0 Å². The van der Waals surface area contributed by atoms with Gasteiger partial charge in [-0.05, 0) is 41.9 Å². The van der Waals surface area contributed by atoms with Crippen molar-refractivity contribution in [3.05, 3.63) is 16.5 Å². The van der Waals surface area contributed by atoms with E-state index in [4.69, 9.17) is 0 Å². The summed E-state index contributed by atoms with van der Waals surface area (Å²) in [5, 5.41) is 3.44. The van der Waals surface area contributed by atoms with Crippen LogP contribution in [0, 0.1) is 0 Å². The summed E-state index contributed by atoms with van der Waals surface area (Å²) in [7, 11) is 0. The van der Waals surface area contributed by atoms with Crippen molar-refractivity contribution in [2.24, 2.45) is 0 Å². The van der Waals surface area contributed by atoms with E-state index in [1.807, 2.05) is 6.07 Å². The zero-order valence-corrected chi connectivity index (χ0v) is 15.0. The van der Waals surface area contributed by atoms with Crippen LogP contribution >= 0.6 is 15.9 Å². The molecule has 1 aliphatic heterocycles. The number of nitrogens with zero attached hydrogens (tertiary/aromatic N) is 3. The van der Waals surface area contributed by atoms with Crippen molar-refractivity contribution < 1.29 is 0 Å². The zero-order chi connectivity index (χ0) is 15.3. The van der Waals surface area contributed by atoms with Crippen LogP contribution in [0.1, 0.15) is 52.3 Å². The van der Waals surface area contributed by atoms with Crippen LogP contribution in [0.4, 0.5) is 5.82 Å². The van der Waals surface area contributed by atoms with Gasteiger partial charge >= 0.3 is 0 Å². The summed E-state index contributed by atoms with van der Waals surface area (Å²) in [6.45, 7) is 10.9. The first-order valence-corrected chi connectivity index (χ1v) is 8.76. The highest BCUT2D eigenvalue weighted by molar-refractivity contribution is 9.10. The fourth-order valence-electron chi connectivity index (χ4n) is 2.55. The molecular weight excluding hydrogens is 328 g/mol. The molecule has 0 amide bonds. The molecule has 0 spiro atoms. The van der Waals surface area contributed by atoms with E-state index in [0.717, 1.165) is 29.3 Å². The first-order valence-electron chi connectivity index (χ1n) is 7.96. The van der Waals surface area contributed by atoms with Crippen LogP contribution in [-0.4, -0.2) is 41.0 Å². The van der Waals surface area contributed by atoms with Gasteiger partial charge in [0.25, 0.3) is 0 Å². The summed E-state index contributed by atoms with van der Waals surface area (Å²) in [5.74, 6) is 1.78. The van der Waals surface area contributed by atoms with E-state index in [-0.39, 0.29) is 5.41 Å². The SMILES string of the molecule is CC(C)(C)c1nc(Br)cc(NCCN2CCCCCC2)n1. The lowest BCUT2D eigenvalue weighted by Crippen LogP contribution is -2.30. The van der Waals surface area contributed by atoms with Gasteiger partial charge in [0.1, 0.15) is 16.2 Å². The number of nitrogens with one attached hydrogen (secondary N) is 1. The summed E-state index contributed by atoms with van der Waals surface area (Å²) in [4.78, 5) is 11.7. The lowest BCUT2D eigenvalue weighted by molar-refractivity contribution is 0.296. The number of halogens is 1. The average molecular weight is 355 g/mol. The highest BCUT2D eigenvalue weighted by Crippen LogP contribution is 2.22. The maximum absolute atomic E-state index is 4.64. The zero-order valence-electron chi connectivity index (χ0n) is 13.5. The number of hydrogen-bond donors (Lipinski definition) is 1. The third kappa shape index (κ3) is 5.55. The van der Waals surface area contributed by atoms with Gasteiger partial charge in [-0.1, -0.05) is 33.6 Å². The molecule has 118 valence electrons. The van der Waals surface area contributed by atoms with Crippen molar-refractivity contribution in [1.82, 2.24) is 14.9 Å². The Morgan fingerprint density at radius 2 is 1.81 bits per heavy atom. The number of likely N-dealkylation sites (tertiary alicyclic amines) is 1. The third-order valence-corrected chi connectivity index (χ3v) is 4.20. The molecule has 1 aliphatic rings. The second kappa shape index (κ2) is 7.54. The number of aromatic nitrogens is 2. The van der Waals surface area contributed by atoms with Gasteiger partial charge < -0.3 is 10.2 Å². The van der Waals surface area contributed by atoms with Crippen molar-refractivity contribution in [2.45, 2.75) is 51.9 Å². The van der Waals surface area contributed by atoms with Crippen LogP contribution < -0.4 is 5.32 Å². The molecule has 0 aromatic carbocycles. The molecule has 0 saturated carbocycles. The lowest BCUT2D eigenvalue weighted by Gasteiger charge is -2.21. The first kappa shape index (κ1) is 16.7. The summed E-state index contributed by atoms with van der Waals surface area (Å²) < 4.78 is 0.847. The molecule has 1 aromatic heterocycles. The molecule has 1 fully saturated rings. The van der Waals surface area contributed by atoms with Crippen LogP contribution in [-0.2, 0) is 5.41 Å². The van der Waals surface area contributed by atoms with Crippen LogP contribution in [0.15, 0.2) is 10.7 Å². The van der Waals surface area contributed by atoms with Gasteiger partial charge in [0.2, 0.25) is 0 Å². The fraction of sp³-hybridized carbons (Fsp3) is 0.750. The molecule has 2 heterocycles. The maximum atomic E-state index is 4.64. The van der Waals surface area contributed by atoms with Gasteiger partial charge in [-0.25, -0.2) is 9.97 Å². The Hall–Kier alpha value is -0.680. The van der Waals surface area contributed by atoms with Crippen molar-refractivity contribution in [3.8, 4) is 0 Å². The second-order valence-corrected chi connectivity index (χ2v) is 7.64. The predicted molar refractivity (Wildman–Crippen MR) is 91.8 cm³/mol. The quantitative estimate of drug-likeness (QED) is 0.834. The molecule has 0 aliphatic carbocycles. The van der Waals surface area contributed by atoms with Crippen LogP contribution in [0.3, 0.4) is 0 Å². The molecule has 21 heavy (non-hydrogen) atoms. The summed E-state index contributed by atoms with van der Waals surface area (Å²) in [5.41, 5.74) is -0.0367. The number of hydrogen-bond acceptors (Lipinski definition) is 4. The van der Waals surface area contributed by atoms with Crippen LogP contribution in [0.2, 0.25) is 0 Å². The monoisotopic (exact) mass is 354 g/mol. The molecule has 1 saturated heterocycles. The molecule has 1 aromatic rings. The van der Waals surface area contributed by atoms with Gasteiger partial charge in [0.05, 0.1) is 0 Å². The standard InChI is InChI=1S/C16H27BrN4/c1-16(2,3)15-19-13(17)12-14(20-15)18-8-11-21-9-6-4-5-7-10-21/h12H,4-11H2,1-3H3,(H,18,19,20). The maximum Gasteiger partial charge on any atom is 0.137 e. The average Bonchev–Trinajstić information content (AvgIpc) is 2.66. The van der Waals surface area contributed by atoms with E-state index in [9.17, 15) is 0 Å². The van der Waals surface area contributed by atoms with Gasteiger partial charge in [0, 0.05) is 24.6 Å². The highest BCUT2D eigenvalue weighted by Gasteiger charge is 2.18. The van der Waals surface area contributed by atoms with Gasteiger partial charge in [0.15, 0.2) is 0 Å². The second-order valence-electron chi connectivity index (χ2n) is 6.83. The van der Waals surface area contributed by atoms with Crippen molar-refractivity contribution in [1.29, 1.82) is 0 Å². The molecule has 5 heteroatoms. The fourth-order valence-corrected chi connectivity index (χ4v) is 2.93. The van der Waals surface area contributed by atoms with Crippen molar-refractivity contribution in [2.75, 3.05) is 31.5 Å². The molecule has 2 rings (SSSR count). The molecule has 1 N–H and O–H groups in total. The Balaban J connectivity index is 1.89. The third-order valence-electron chi connectivity index (χ3n) is 3.80. The van der Waals surface area contributed by atoms with Gasteiger partial charge in [-0.2, -0.15) is 0 Å². The molecule has 0 radical (unpaired) electrons. The predicted octanol–water partition coefficient (Wildman–Crippen LogP) is 3.82. The Morgan fingerprint density at radius 1 is 1.14 bits per heavy atom. The molecule has 0 atom stereocenters. The smallest absolute Gasteiger partial charge is 0.137 e. The summed E-state index contributed by atoms with van der Waals surface area (Å²) in [6, 6.07) is 1.96. The molecule has 4 nitrogen and oxygen atoms in total. The largest absolute Gasteiger partial charge is 0.369 e. The Kier molecular flexibility index (Phi) is 5.99. The Labute approximate surface area is 136 Å². The minimum absolute atomic E-state index is 0.0367. The molecular formula is C16H27BrN4. The summed E-state index contributed by atoms with van der Waals surface area (Å²) in [6.07, 6.45) is 5.45. The normalized spacial score (nSPS) is 17.5. The Morgan fingerprint density at radius 3 is 2.43 bits per heavy atom. The van der Waals surface area contributed by atoms with E-state index in [1.54, 1.807) is 0 Å². The minimum atomic E-state index is -0.0367. The first-order chi connectivity index (χ1) is 9.95. The number of anilines is 1. The van der Waals surface area contributed by atoms with E-state index < -0.39 is 0 Å². The highest BCUT2D eigenvalue weighted by atomic mass is 79.9. The van der Waals surface area contributed by atoms with E-state index in [0.29, 0.717) is 0 Å². The van der Waals surface area contributed by atoms with Crippen LogP contribution in [0.5, 0.6) is 0 Å². The van der Waals surface area contributed by atoms with E-state index >= 15 is 0 Å². The Bertz CT molecular complexity index is 448. The van der Waals surface area contributed by atoms with Crippen LogP contribution in [0.25, 0.3) is 0 Å².